The number of ether oxygens (including phenoxy) is 1. The number of nitrogens with one attached hydrogen (secondary N) is 1. The van der Waals surface area contributed by atoms with Gasteiger partial charge in [0, 0.05) is 43.6 Å². The Labute approximate surface area is 184 Å². The van der Waals surface area contributed by atoms with Crippen molar-refractivity contribution in [3.8, 4) is 11.3 Å². The van der Waals surface area contributed by atoms with E-state index in [4.69, 9.17) is 38.7 Å². The van der Waals surface area contributed by atoms with E-state index in [0.717, 1.165) is 16.9 Å². The first-order valence-corrected chi connectivity index (χ1v) is 10.5. The molecule has 3 N–H and O–H groups in total. The van der Waals surface area contributed by atoms with Gasteiger partial charge in [-0.3, -0.25) is 9.78 Å². The number of anilines is 1. The lowest BCUT2D eigenvalue weighted by atomic mass is 9.91. The molecule has 158 valence electrons. The number of aryl methyl sites for hydroxylation is 1. The molecule has 2 aromatic rings. The Morgan fingerprint density at radius 3 is 2.67 bits per heavy atom. The van der Waals surface area contributed by atoms with E-state index in [2.05, 4.69) is 10.2 Å². The van der Waals surface area contributed by atoms with Crippen molar-refractivity contribution in [3.63, 3.8) is 0 Å². The predicted octanol–water partition coefficient (Wildman–Crippen LogP) is 4.06. The molecule has 0 bridgehead atoms. The van der Waals surface area contributed by atoms with Gasteiger partial charge in [-0.1, -0.05) is 35.3 Å². The van der Waals surface area contributed by atoms with Gasteiger partial charge in [0.25, 0.3) is 5.91 Å². The maximum absolute atomic E-state index is 12.7. The molecule has 0 atom stereocenters. The molecular formula is C21H22Cl2N4O3. The Bertz CT molecular complexity index is 1050. The summed E-state index contributed by atoms with van der Waals surface area (Å²) in [5.41, 5.74) is 8.96. The summed E-state index contributed by atoms with van der Waals surface area (Å²) in [5.74, 6) is -0.177. The maximum atomic E-state index is 12.7. The van der Waals surface area contributed by atoms with Gasteiger partial charge in [-0.05, 0) is 19.9 Å². The van der Waals surface area contributed by atoms with E-state index in [0.29, 0.717) is 59.3 Å². The number of nitrogens with two attached hydrogens (primary N) is 1. The molecular weight excluding hydrogens is 427 g/mol. The summed E-state index contributed by atoms with van der Waals surface area (Å²) in [7, 11) is 0. The smallest absolute Gasteiger partial charge is 0.405 e. The van der Waals surface area contributed by atoms with Crippen molar-refractivity contribution in [3.05, 3.63) is 45.1 Å². The highest BCUT2D eigenvalue weighted by molar-refractivity contribution is 6.43. The second-order valence-corrected chi connectivity index (χ2v) is 8.68. The van der Waals surface area contributed by atoms with Crippen LogP contribution in [0.4, 0.5) is 10.5 Å². The molecule has 0 radical (unpaired) electrons. The maximum Gasteiger partial charge on any atom is 0.405 e. The van der Waals surface area contributed by atoms with Crippen molar-refractivity contribution < 1.29 is 14.3 Å². The third-order valence-electron chi connectivity index (χ3n) is 5.79. The molecule has 1 aromatic carbocycles. The monoisotopic (exact) mass is 448 g/mol. The van der Waals surface area contributed by atoms with Crippen LogP contribution < -0.4 is 16.0 Å². The van der Waals surface area contributed by atoms with Gasteiger partial charge in [-0.15, -0.1) is 0 Å². The molecule has 0 spiro atoms. The lowest BCUT2D eigenvalue weighted by Crippen LogP contribution is -2.46. The number of rotatable bonds is 3. The molecule has 2 aliphatic rings. The third-order valence-corrected chi connectivity index (χ3v) is 6.61. The van der Waals surface area contributed by atoms with Crippen LogP contribution in [0.3, 0.4) is 0 Å². The zero-order valence-electron chi connectivity index (χ0n) is 16.7. The van der Waals surface area contributed by atoms with Crippen LogP contribution in [0, 0.1) is 6.92 Å². The van der Waals surface area contributed by atoms with Crippen LogP contribution in [0.1, 0.15) is 41.4 Å². The summed E-state index contributed by atoms with van der Waals surface area (Å²) in [6, 6.07) is 5.31. The minimum Gasteiger partial charge on any atom is -0.443 e. The Kier molecular flexibility index (Phi) is 5.28. The van der Waals surface area contributed by atoms with E-state index < -0.39 is 11.7 Å². The Morgan fingerprint density at radius 1 is 1.30 bits per heavy atom. The SMILES string of the molecule is Cc1nc(-c2cccc(Cl)c2Cl)c2c(c1N1CCC(C)(OC(N)=O)CC1)CNC2=O. The first-order chi connectivity index (χ1) is 14.2. The molecule has 7 nitrogen and oxygen atoms in total. The van der Waals surface area contributed by atoms with Crippen LogP contribution in [0.5, 0.6) is 0 Å². The minimum atomic E-state index is -0.762. The number of nitrogens with zero attached hydrogens (tertiary/aromatic N) is 2. The highest BCUT2D eigenvalue weighted by atomic mass is 35.5. The average molecular weight is 449 g/mol. The van der Waals surface area contributed by atoms with E-state index in [-0.39, 0.29) is 5.91 Å². The lowest BCUT2D eigenvalue weighted by molar-refractivity contribution is 0.0127. The van der Waals surface area contributed by atoms with Crippen molar-refractivity contribution in [2.75, 3.05) is 18.0 Å². The number of carbonyl (C=O) groups excluding carboxylic acids is 2. The number of halogens is 2. The summed E-state index contributed by atoms with van der Waals surface area (Å²) in [6.45, 7) is 5.55. The van der Waals surface area contributed by atoms with E-state index in [9.17, 15) is 9.59 Å². The predicted molar refractivity (Wildman–Crippen MR) is 116 cm³/mol. The van der Waals surface area contributed by atoms with Crippen molar-refractivity contribution in [2.24, 2.45) is 5.73 Å². The molecule has 2 amide bonds. The van der Waals surface area contributed by atoms with Crippen LogP contribution >= 0.6 is 23.2 Å². The van der Waals surface area contributed by atoms with E-state index in [1.807, 2.05) is 19.9 Å². The lowest BCUT2D eigenvalue weighted by Gasteiger charge is -2.40. The number of benzene rings is 1. The molecule has 3 heterocycles. The van der Waals surface area contributed by atoms with E-state index >= 15 is 0 Å². The second-order valence-electron chi connectivity index (χ2n) is 7.89. The van der Waals surface area contributed by atoms with Crippen molar-refractivity contribution in [1.82, 2.24) is 10.3 Å². The largest absolute Gasteiger partial charge is 0.443 e. The highest BCUT2D eigenvalue weighted by Crippen LogP contribution is 2.41. The first kappa shape index (κ1) is 20.8. The fraction of sp³-hybridized carbons (Fsp3) is 0.381. The highest BCUT2D eigenvalue weighted by Gasteiger charge is 2.37. The van der Waals surface area contributed by atoms with Gasteiger partial charge in [0.05, 0.1) is 32.7 Å². The molecule has 0 unspecified atom stereocenters. The molecule has 1 saturated heterocycles. The quantitative estimate of drug-likeness (QED) is 0.737. The molecule has 1 fully saturated rings. The summed E-state index contributed by atoms with van der Waals surface area (Å²) >= 11 is 12.6. The average Bonchev–Trinajstić information content (AvgIpc) is 3.05. The number of carbonyl (C=O) groups is 2. The fourth-order valence-electron chi connectivity index (χ4n) is 4.28. The standard InChI is InChI=1S/C21H22Cl2N4O3/c1-11-18(27-8-6-21(2,7-9-27)30-20(24)29)13-10-25-19(28)15(13)17(26-11)12-4-3-5-14(22)16(12)23/h3-5H,6-10H2,1-2H3,(H2,24,29)(H,25,28). The molecule has 2 aliphatic heterocycles. The molecule has 1 aromatic heterocycles. The van der Waals surface area contributed by atoms with Crippen LogP contribution in [0.15, 0.2) is 18.2 Å². The topological polar surface area (TPSA) is 97.6 Å². The number of piperidine rings is 1. The number of hydrogen-bond acceptors (Lipinski definition) is 5. The summed E-state index contributed by atoms with van der Waals surface area (Å²) in [6.07, 6.45) is 0.503. The van der Waals surface area contributed by atoms with Gasteiger partial charge in [-0.25, -0.2) is 4.79 Å². The van der Waals surface area contributed by atoms with E-state index in [1.165, 1.54) is 0 Å². The van der Waals surface area contributed by atoms with Gasteiger partial charge >= 0.3 is 6.09 Å². The van der Waals surface area contributed by atoms with E-state index in [1.54, 1.807) is 12.1 Å². The Balaban J connectivity index is 1.75. The molecule has 9 heteroatoms. The summed E-state index contributed by atoms with van der Waals surface area (Å²) in [4.78, 5) is 30.9. The molecule has 30 heavy (non-hydrogen) atoms. The second kappa shape index (κ2) is 7.63. The zero-order chi connectivity index (χ0) is 21.6. The van der Waals surface area contributed by atoms with Crippen molar-refractivity contribution >= 4 is 40.9 Å². The Hall–Kier alpha value is -2.51. The van der Waals surface area contributed by atoms with Crippen molar-refractivity contribution in [1.29, 1.82) is 0 Å². The number of fused-ring (bicyclic) bond motifs is 1. The first-order valence-electron chi connectivity index (χ1n) is 9.69. The van der Waals surface area contributed by atoms with Crippen molar-refractivity contribution in [2.45, 2.75) is 38.8 Å². The Morgan fingerprint density at radius 2 is 2.00 bits per heavy atom. The summed E-state index contributed by atoms with van der Waals surface area (Å²) in [5, 5.41) is 3.70. The van der Waals surface area contributed by atoms with Crippen LogP contribution in [-0.4, -0.2) is 35.7 Å². The summed E-state index contributed by atoms with van der Waals surface area (Å²) < 4.78 is 5.31. The van der Waals surface area contributed by atoms with Gasteiger partial charge in [-0.2, -0.15) is 0 Å². The molecule has 0 saturated carbocycles. The number of amides is 2. The molecule has 4 rings (SSSR count). The number of aromatic nitrogens is 1. The number of pyridine rings is 1. The van der Waals surface area contributed by atoms with Crippen LogP contribution in [0.25, 0.3) is 11.3 Å². The van der Waals surface area contributed by atoms with Gasteiger partial charge in [0.15, 0.2) is 0 Å². The fourth-order valence-corrected chi connectivity index (χ4v) is 4.67. The normalized spacial score (nSPS) is 17.5. The van der Waals surface area contributed by atoms with Gasteiger partial charge in [0.2, 0.25) is 0 Å². The van der Waals surface area contributed by atoms with Crippen LogP contribution in [0.2, 0.25) is 10.0 Å². The number of primary amides is 1. The van der Waals surface area contributed by atoms with Gasteiger partial charge in [0.1, 0.15) is 5.60 Å². The van der Waals surface area contributed by atoms with Gasteiger partial charge < -0.3 is 20.7 Å². The third kappa shape index (κ3) is 3.56. The zero-order valence-corrected chi connectivity index (χ0v) is 18.2. The van der Waals surface area contributed by atoms with Crippen LogP contribution in [-0.2, 0) is 11.3 Å². The minimum absolute atomic E-state index is 0.177. The molecule has 0 aliphatic carbocycles. The number of hydrogen-bond donors (Lipinski definition) is 2.